The Kier molecular flexibility index (Phi) is 47.0. The van der Waals surface area contributed by atoms with Crippen molar-refractivity contribution in [2.24, 2.45) is 52.3 Å². The summed E-state index contributed by atoms with van der Waals surface area (Å²) in [4.78, 5) is 291. The third-order valence-electron chi connectivity index (χ3n) is 24.8. The van der Waals surface area contributed by atoms with Crippen LogP contribution in [0.4, 0.5) is 0 Å². The van der Waals surface area contributed by atoms with Gasteiger partial charge in [-0.15, -0.1) is 0 Å². The largest absolute Gasteiger partial charge is 0.481 e. The number of aromatic amines is 1. The molecule has 0 radical (unpaired) electrons. The van der Waals surface area contributed by atoms with Crippen LogP contribution in [0.1, 0.15) is 189 Å². The first-order valence-electron chi connectivity index (χ1n) is 47.9. The van der Waals surface area contributed by atoms with Gasteiger partial charge in [0.15, 0.2) is 5.96 Å². The summed E-state index contributed by atoms with van der Waals surface area (Å²) in [5.74, 6) is -23.4. The number of H-pyrrole nitrogens is 1. The van der Waals surface area contributed by atoms with Crippen molar-refractivity contribution in [2.75, 3.05) is 32.7 Å². The Morgan fingerprint density at radius 2 is 0.803 bits per heavy atom. The van der Waals surface area contributed by atoms with Crippen LogP contribution in [-0.2, 0) is 115 Å². The Labute approximate surface area is 822 Å². The first-order chi connectivity index (χ1) is 67.1. The Morgan fingerprint density at radius 3 is 1.25 bits per heavy atom. The van der Waals surface area contributed by atoms with E-state index >= 15 is 14.4 Å². The minimum Gasteiger partial charge on any atom is -0.481 e. The number of aliphatic hydroxyl groups excluding tert-OH is 2. The fourth-order valence-electron chi connectivity index (χ4n) is 16.6. The number of carbonyl (C=O) groups is 20. The molecule has 6 rings (SSSR count). The zero-order chi connectivity index (χ0) is 106. The second-order valence-electron chi connectivity index (χ2n) is 37.1. The van der Waals surface area contributed by atoms with Crippen molar-refractivity contribution in [2.45, 2.75) is 306 Å². The first kappa shape index (κ1) is 117. The van der Waals surface area contributed by atoms with Crippen LogP contribution in [0.3, 0.4) is 0 Å². The van der Waals surface area contributed by atoms with E-state index in [1.165, 1.54) is 40.2 Å². The van der Waals surface area contributed by atoms with Gasteiger partial charge < -0.3 is 143 Å². The highest BCUT2D eigenvalue weighted by Crippen LogP contribution is 2.26. The van der Waals surface area contributed by atoms with Gasteiger partial charge in [0.05, 0.1) is 43.1 Å². The number of unbranched alkanes of at least 4 members (excludes halogenated alkanes) is 1. The summed E-state index contributed by atoms with van der Waals surface area (Å²) in [6.07, 6.45) is -2.34. The lowest BCUT2D eigenvalue weighted by molar-refractivity contribution is -0.151. The van der Waals surface area contributed by atoms with Crippen molar-refractivity contribution >= 4 is 124 Å². The average molecular weight is 2000 g/mol. The van der Waals surface area contributed by atoms with Gasteiger partial charge in [-0.3, -0.25) is 96.5 Å². The van der Waals surface area contributed by atoms with Crippen LogP contribution in [0.5, 0.6) is 0 Å². The predicted molar refractivity (Wildman–Crippen MR) is 511 cm³/mol. The second-order valence-corrected chi connectivity index (χ2v) is 37.1. The topological polar surface area (TPSA) is 783 Å². The number of carbonyl (C=O) groups excluding carboxylic acids is 18. The Morgan fingerprint density at radius 1 is 0.430 bits per heavy atom. The molecular formula is C93H143N25O24. The molecule has 1 aromatic heterocycles. The van der Waals surface area contributed by atoms with Crippen molar-refractivity contribution in [3.05, 3.63) is 90.0 Å². The van der Waals surface area contributed by atoms with Gasteiger partial charge in [0, 0.05) is 58.1 Å². The molecule has 0 aliphatic carbocycles. The molecule has 3 aromatic rings. The molecular weight excluding hydrogens is 1850 g/mol. The molecule has 0 bridgehead atoms. The lowest BCUT2D eigenvalue weighted by Crippen LogP contribution is -2.63. The number of primary amides is 2. The fraction of sp³-hybridized carbons (Fsp3) is 0.613. The van der Waals surface area contributed by atoms with E-state index in [9.17, 15) is 96.8 Å². The maximum atomic E-state index is 15.3. The molecule has 784 valence electrons. The standard InChI is InChI=1S/C93H143N25O24/c1-11-50(8)73(88(137)112-72(49(6)7)87(136)115-75(52(10)120)90(139)117-38-22-30-64(117)83(132)104-58(29-20-36-101-93(98)99)78(127)114-74(51(9)119)91(140)118-39-23-32-66(118)92(141)142)113-82(131)62(43-67(96)121)107-77(126)57(28-18-19-35-94)103-79(128)59(40-53-24-14-12-15-25-53)105-80(129)60(41-54-26-16-13-17-27-54)106-81(130)61(42-55-45-100-46-102-55)108-85(134)70(47(2)3)111-86(135)71(48(4)5)110-84(133)65-31-21-37-116(65)89(138)63(44-68(97)122)109-76(125)56(95)33-34-69(123)124/h12-17,24-27,45-52,56-66,70-75,119-120H,11,18-23,28-44,94-95H2,1-10H3,(H2,96,121)(H2,97,122)(H,100,102)(H,103,128)(H,104,132)(H,105,129)(H,106,130)(H,107,126)(H,108,134)(H,109,125)(H,110,133)(H,111,135)(H,112,137)(H,113,131)(H,114,127)(H,115,136)(H,123,124)(H,141,142)(H4,98,99,101). The molecule has 3 saturated heterocycles. The van der Waals surface area contributed by atoms with Crippen molar-refractivity contribution in [1.82, 2.24) is 99.1 Å². The molecule has 49 heteroatoms. The number of aliphatic carboxylic acids is 2. The SMILES string of the molecule is CCC(C)C(NC(=O)C(CC(N)=O)NC(=O)C(CCCCN)NC(=O)C(Cc1ccccc1)NC(=O)C(Cc1ccccc1)NC(=O)C(Cc1c[nH]cn1)NC(=O)C(NC(=O)C(NC(=O)C1CCCN1C(=O)C(CC(N)=O)NC(=O)C(N)CCC(=O)O)C(C)C)C(C)C)C(=O)NC(C(=O)NC(C(=O)N1CCCC1C(=O)NC(CCCNC(=N)N)C(=O)NC(C(=O)N1CCCC1C(=O)O)C(C)O)C(C)O)C(C)C. The molecule has 4 heterocycles. The lowest BCUT2D eigenvalue weighted by Gasteiger charge is -2.33. The summed E-state index contributed by atoms with van der Waals surface area (Å²) in [7, 11) is 0. The zero-order valence-electron chi connectivity index (χ0n) is 81.8. The highest BCUT2D eigenvalue weighted by atomic mass is 16.4. The van der Waals surface area contributed by atoms with Gasteiger partial charge in [0.2, 0.25) is 106 Å². The molecule has 49 nitrogen and oxygen atoms in total. The number of nitrogens with one attached hydrogen (secondary N) is 16. The molecule has 3 aliphatic heterocycles. The molecule has 3 fully saturated rings. The van der Waals surface area contributed by atoms with E-state index in [4.69, 9.17) is 39.2 Å². The average Bonchev–Trinajstić information content (AvgIpc) is 1.70. The quantitative estimate of drug-likeness (QED) is 0.0142. The molecule has 18 amide bonds. The molecule has 3 aliphatic rings. The monoisotopic (exact) mass is 1990 g/mol. The van der Waals surface area contributed by atoms with E-state index in [0.29, 0.717) is 17.5 Å². The van der Waals surface area contributed by atoms with Gasteiger partial charge in [-0.25, -0.2) is 9.78 Å². The van der Waals surface area contributed by atoms with E-state index in [1.807, 2.05) is 0 Å². The summed E-state index contributed by atoms with van der Waals surface area (Å²) in [5.41, 5.74) is 29.7. The molecule has 30 N–H and O–H groups in total. The number of guanidine groups is 1. The number of imidazole rings is 1. The Bertz CT molecular complexity index is 4860. The third-order valence-corrected chi connectivity index (χ3v) is 24.8. The molecule has 2 aromatic carbocycles. The second kappa shape index (κ2) is 57.2. The molecule has 20 atom stereocenters. The van der Waals surface area contributed by atoms with Crippen LogP contribution in [0.15, 0.2) is 73.2 Å². The van der Waals surface area contributed by atoms with Gasteiger partial charge in [-0.2, -0.15) is 0 Å². The normalized spacial score (nSPS) is 18.1. The maximum absolute atomic E-state index is 15.3. The molecule has 0 spiro atoms. The molecule has 142 heavy (non-hydrogen) atoms. The highest BCUT2D eigenvalue weighted by Gasteiger charge is 2.47. The summed E-state index contributed by atoms with van der Waals surface area (Å²) < 4.78 is 0. The summed E-state index contributed by atoms with van der Waals surface area (Å²) >= 11 is 0. The number of hydrogen-bond donors (Lipinski definition) is 25. The van der Waals surface area contributed by atoms with E-state index in [0.717, 1.165) is 14.7 Å². The number of carboxylic acids is 2. The minimum atomic E-state index is -1.88. The van der Waals surface area contributed by atoms with Crippen LogP contribution in [-0.4, -0.2) is 317 Å². The number of carboxylic acid groups (broad SMARTS) is 2. The number of hydrogen-bond acceptors (Lipinski definition) is 26. The van der Waals surface area contributed by atoms with Gasteiger partial charge in [0.1, 0.15) is 96.7 Å². The summed E-state index contributed by atoms with van der Waals surface area (Å²) in [5, 5.41) is 85.0. The van der Waals surface area contributed by atoms with Gasteiger partial charge >= 0.3 is 11.9 Å². The smallest absolute Gasteiger partial charge is 0.326 e. The third kappa shape index (κ3) is 36.0. The Balaban J connectivity index is 1.20. The number of aliphatic hydroxyl groups is 2. The number of nitrogens with zero attached hydrogens (tertiary/aromatic N) is 4. The van der Waals surface area contributed by atoms with Crippen LogP contribution in [0.25, 0.3) is 0 Å². The van der Waals surface area contributed by atoms with Crippen LogP contribution in [0, 0.1) is 29.1 Å². The van der Waals surface area contributed by atoms with Crippen molar-refractivity contribution in [1.29, 1.82) is 5.41 Å². The van der Waals surface area contributed by atoms with Gasteiger partial charge in [-0.05, 0) is 132 Å². The summed E-state index contributed by atoms with van der Waals surface area (Å²) in [6.45, 7) is 15.1. The number of nitrogens with two attached hydrogens (primary N) is 5. The number of aromatic nitrogens is 2. The highest BCUT2D eigenvalue weighted by molar-refractivity contribution is 6.03. The van der Waals surface area contributed by atoms with Crippen LogP contribution in [0.2, 0.25) is 0 Å². The van der Waals surface area contributed by atoms with Crippen LogP contribution < -0.4 is 103 Å². The Hall–Kier alpha value is -13.8. The van der Waals surface area contributed by atoms with E-state index < -0.39 is 282 Å². The van der Waals surface area contributed by atoms with Crippen molar-refractivity contribution in [3.63, 3.8) is 0 Å². The lowest BCUT2D eigenvalue weighted by atomic mass is 9.95. The van der Waals surface area contributed by atoms with E-state index in [1.54, 1.807) is 102 Å². The minimum absolute atomic E-state index is 0.00944. The predicted octanol–water partition coefficient (Wildman–Crippen LogP) is -6.09. The number of benzene rings is 2. The van der Waals surface area contributed by atoms with E-state index in [-0.39, 0.29) is 135 Å². The summed E-state index contributed by atoms with van der Waals surface area (Å²) in [6, 6.07) is -9.29. The van der Waals surface area contributed by atoms with Crippen molar-refractivity contribution < 1.29 is 116 Å². The fourth-order valence-corrected chi connectivity index (χ4v) is 16.6. The zero-order valence-corrected chi connectivity index (χ0v) is 81.8. The number of likely N-dealkylation sites (tertiary alicyclic amines) is 3. The number of amides is 18. The van der Waals surface area contributed by atoms with Crippen molar-refractivity contribution in [3.8, 4) is 0 Å². The van der Waals surface area contributed by atoms with Crippen LogP contribution >= 0.6 is 0 Å². The van der Waals surface area contributed by atoms with Gasteiger partial charge in [-0.1, -0.05) is 122 Å². The maximum Gasteiger partial charge on any atom is 0.326 e. The molecule has 20 unspecified atom stereocenters. The molecule has 0 saturated carbocycles. The van der Waals surface area contributed by atoms with Gasteiger partial charge in [0.25, 0.3) is 0 Å². The first-order valence-corrected chi connectivity index (χ1v) is 47.9. The van der Waals surface area contributed by atoms with E-state index in [2.05, 4.69) is 84.4 Å². The number of rotatable bonds is 58.